The lowest BCUT2D eigenvalue weighted by Crippen LogP contribution is -2.36. The van der Waals surface area contributed by atoms with Gasteiger partial charge in [-0.1, -0.05) is 87.1 Å². The van der Waals surface area contributed by atoms with E-state index < -0.39 is 0 Å². The maximum Gasteiger partial charge on any atom is 0.412 e. The van der Waals surface area contributed by atoms with Gasteiger partial charge < -0.3 is 14.2 Å². The van der Waals surface area contributed by atoms with E-state index in [9.17, 15) is 4.79 Å². The minimum absolute atomic E-state index is 0.0678. The molecule has 1 aromatic rings. The van der Waals surface area contributed by atoms with Crippen LogP contribution in [0.4, 0.5) is 4.79 Å². The van der Waals surface area contributed by atoms with Crippen molar-refractivity contribution in [3.05, 3.63) is 83.7 Å². The summed E-state index contributed by atoms with van der Waals surface area (Å²) < 4.78 is 16.0. The van der Waals surface area contributed by atoms with Crippen molar-refractivity contribution in [1.82, 2.24) is 4.90 Å². The molecular weight excluding hydrogens is 450 g/mol. The third kappa shape index (κ3) is 14.6. The fraction of sp³-hybridized carbons (Fsp3) is 0.516. The molecule has 1 aliphatic carbocycles. The van der Waals surface area contributed by atoms with E-state index in [0.29, 0.717) is 13.3 Å². The van der Waals surface area contributed by atoms with Gasteiger partial charge in [-0.3, -0.25) is 4.90 Å². The zero-order chi connectivity index (χ0) is 27.2. The molecule has 0 bridgehead atoms. The number of benzene rings is 1. The lowest BCUT2D eigenvalue weighted by Gasteiger charge is -2.20. The first-order valence-corrected chi connectivity index (χ1v) is 13.3. The number of nitrogens with zero attached hydrogens (tertiary/aromatic N) is 1. The Morgan fingerprint density at radius 1 is 1.08 bits per heavy atom. The highest BCUT2D eigenvalue weighted by atomic mass is 16.6. The van der Waals surface area contributed by atoms with Gasteiger partial charge in [0.05, 0.1) is 24.5 Å². The molecule has 0 N–H and O–H groups in total. The van der Waals surface area contributed by atoms with Crippen molar-refractivity contribution in [2.24, 2.45) is 0 Å². The Morgan fingerprint density at radius 2 is 1.78 bits per heavy atom. The highest BCUT2D eigenvalue weighted by molar-refractivity contribution is 5.68. The van der Waals surface area contributed by atoms with E-state index in [2.05, 4.69) is 38.2 Å². The summed E-state index contributed by atoms with van der Waals surface area (Å²) in [5.74, 6) is 1.13. The van der Waals surface area contributed by atoms with Crippen molar-refractivity contribution in [2.45, 2.75) is 93.4 Å². The second-order valence-electron chi connectivity index (χ2n) is 8.19. The lowest BCUT2D eigenvalue weighted by molar-refractivity contribution is 0.0708. The van der Waals surface area contributed by atoms with Crippen molar-refractivity contribution >= 4 is 6.09 Å². The standard InChI is InChI=1S/C13H17NO3.C9H14O.C7H12.C2H6/c1-10-11(2)17-9-14(10)13(15)16-8-12-6-4-3-5-7-12;1-3-10-9-6-4-8(2)5-7-9;1-3-5-7-6-4-2;1-2/h3-7,10-11H,8-9H2,1-2H3;4,6H,3,5,7H2,1-2H3;3,5-7H,4H2,1-2H3;1-2H3/b;;5-3-,7-6-;. The van der Waals surface area contributed by atoms with Crippen LogP contribution in [0.3, 0.4) is 0 Å². The quantitative estimate of drug-likeness (QED) is 0.368. The van der Waals surface area contributed by atoms with Crippen molar-refractivity contribution < 1.29 is 19.0 Å². The second kappa shape index (κ2) is 21.5. The van der Waals surface area contributed by atoms with Gasteiger partial charge in [-0.05, 0) is 59.1 Å². The van der Waals surface area contributed by atoms with Crippen LogP contribution in [-0.2, 0) is 20.8 Å². The van der Waals surface area contributed by atoms with Crippen LogP contribution in [0.25, 0.3) is 0 Å². The minimum atomic E-state index is -0.314. The predicted octanol–water partition coefficient (Wildman–Crippen LogP) is 8.59. The van der Waals surface area contributed by atoms with E-state index in [1.165, 1.54) is 5.57 Å². The summed E-state index contributed by atoms with van der Waals surface area (Å²) in [5, 5.41) is 0. The summed E-state index contributed by atoms with van der Waals surface area (Å²) in [4.78, 5) is 13.4. The van der Waals surface area contributed by atoms with Crippen molar-refractivity contribution in [2.75, 3.05) is 13.3 Å². The van der Waals surface area contributed by atoms with Gasteiger partial charge in [0, 0.05) is 6.42 Å². The van der Waals surface area contributed by atoms with Gasteiger partial charge in [-0.15, -0.1) is 0 Å². The van der Waals surface area contributed by atoms with E-state index >= 15 is 0 Å². The van der Waals surface area contributed by atoms with Gasteiger partial charge in [0.1, 0.15) is 13.3 Å². The highest BCUT2D eigenvalue weighted by Gasteiger charge is 2.32. The normalized spacial score (nSPS) is 18.6. The molecule has 1 fully saturated rings. The number of carbonyl (C=O) groups excluding carboxylic acids is 1. The Bertz CT molecular complexity index is 807. The molecule has 0 radical (unpaired) electrons. The van der Waals surface area contributed by atoms with Crippen LogP contribution in [-0.4, -0.2) is 36.5 Å². The number of hydrogen-bond acceptors (Lipinski definition) is 4. The maximum absolute atomic E-state index is 11.8. The number of carbonyl (C=O) groups is 1. The van der Waals surface area contributed by atoms with E-state index in [4.69, 9.17) is 14.2 Å². The van der Waals surface area contributed by atoms with E-state index in [-0.39, 0.29) is 18.2 Å². The predicted molar refractivity (Wildman–Crippen MR) is 152 cm³/mol. The molecule has 2 aliphatic rings. The Morgan fingerprint density at radius 3 is 2.28 bits per heavy atom. The highest BCUT2D eigenvalue weighted by Crippen LogP contribution is 2.18. The van der Waals surface area contributed by atoms with Gasteiger partial charge in [-0.2, -0.15) is 0 Å². The van der Waals surface area contributed by atoms with Gasteiger partial charge in [0.25, 0.3) is 0 Å². The average Bonchev–Trinajstić information content (AvgIpc) is 3.25. The third-order valence-corrected chi connectivity index (χ3v) is 5.41. The molecule has 0 saturated carbocycles. The first-order valence-electron chi connectivity index (χ1n) is 13.3. The summed E-state index contributed by atoms with van der Waals surface area (Å²) in [6.07, 6.45) is 15.6. The summed E-state index contributed by atoms with van der Waals surface area (Å²) in [6, 6.07) is 9.71. The molecule has 36 heavy (non-hydrogen) atoms. The van der Waals surface area contributed by atoms with Crippen LogP contribution in [0, 0.1) is 0 Å². The van der Waals surface area contributed by atoms with Gasteiger partial charge in [0.2, 0.25) is 0 Å². The Hall–Kier alpha value is -2.79. The minimum Gasteiger partial charge on any atom is -0.498 e. The van der Waals surface area contributed by atoms with Gasteiger partial charge >= 0.3 is 6.09 Å². The number of hydrogen-bond donors (Lipinski definition) is 0. The van der Waals surface area contributed by atoms with Crippen molar-refractivity contribution in [3.63, 3.8) is 0 Å². The van der Waals surface area contributed by atoms with Crippen LogP contribution >= 0.6 is 0 Å². The van der Waals surface area contributed by atoms with Crippen LogP contribution in [0.15, 0.2) is 78.1 Å². The molecule has 1 heterocycles. The molecule has 1 aliphatic heterocycles. The summed E-state index contributed by atoms with van der Waals surface area (Å²) in [5.41, 5.74) is 2.44. The second-order valence-corrected chi connectivity index (χ2v) is 8.19. The Balaban J connectivity index is 0.000000549. The van der Waals surface area contributed by atoms with Crippen molar-refractivity contribution in [1.29, 1.82) is 0 Å². The molecule has 1 saturated heterocycles. The SMILES string of the molecule is C/C=C\C=C/CC.CC.CC1OCN(C(=O)OCc2ccccc2)C1C.CCOC1=CC=C(C)CC1. The van der Waals surface area contributed by atoms with Crippen LogP contribution in [0.2, 0.25) is 0 Å². The van der Waals surface area contributed by atoms with E-state index in [1.807, 2.05) is 84.0 Å². The average molecular weight is 500 g/mol. The molecule has 3 rings (SSSR count). The van der Waals surface area contributed by atoms with E-state index in [1.54, 1.807) is 4.90 Å². The number of amides is 1. The maximum atomic E-state index is 11.8. The van der Waals surface area contributed by atoms with Crippen LogP contribution in [0.1, 0.15) is 80.2 Å². The molecular formula is C31H49NO4. The molecule has 1 aromatic carbocycles. The summed E-state index contributed by atoms with van der Waals surface area (Å²) >= 11 is 0. The van der Waals surface area contributed by atoms with Crippen molar-refractivity contribution in [3.8, 4) is 0 Å². The monoisotopic (exact) mass is 499 g/mol. The van der Waals surface area contributed by atoms with Gasteiger partial charge in [-0.25, -0.2) is 4.79 Å². The number of ether oxygens (including phenoxy) is 3. The lowest BCUT2D eigenvalue weighted by atomic mass is 10.1. The molecule has 0 aromatic heterocycles. The molecule has 1 amide bonds. The Labute approximate surface area is 220 Å². The fourth-order valence-electron chi connectivity index (χ4n) is 3.08. The largest absolute Gasteiger partial charge is 0.498 e. The van der Waals surface area contributed by atoms with Gasteiger partial charge in [0.15, 0.2) is 0 Å². The molecule has 0 spiro atoms. The Kier molecular flexibility index (Phi) is 19.8. The topological polar surface area (TPSA) is 48.0 Å². The zero-order valence-corrected chi connectivity index (χ0v) is 23.8. The molecule has 2 atom stereocenters. The first kappa shape index (κ1) is 33.2. The molecule has 5 heteroatoms. The zero-order valence-electron chi connectivity index (χ0n) is 23.8. The fourth-order valence-corrected chi connectivity index (χ4v) is 3.08. The molecule has 2 unspecified atom stereocenters. The smallest absolute Gasteiger partial charge is 0.412 e. The number of allylic oxidation sites excluding steroid dienone is 8. The van der Waals surface area contributed by atoms with Crippen LogP contribution < -0.4 is 0 Å². The first-order chi connectivity index (χ1) is 17.4. The van der Waals surface area contributed by atoms with Crippen LogP contribution in [0.5, 0.6) is 0 Å². The third-order valence-electron chi connectivity index (χ3n) is 5.41. The van der Waals surface area contributed by atoms with E-state index in [0.717, 1.165) is 37.2 Å². The number of rotatable bonds is 6. The molecule has 202 valence electrons. The molecule has 5 nitrogen and oxygen atoms in total. The summed E-state index contributed by atoms with van der Waals surface area (Å²) in [7, 11) is 0. The summed E-state index contributed by atoms with van der Waals surface area (Å²) in [6.45, 7) is 17.6.